The van der Waals surface area contributed by atoms with E-state index in [1.54, 1.807) is 4.90 Å². The van der Waals surface area contributed by atoms with Crippen LogP contribution in [0.4, 0.5) is 14.5 Å². The summed E-state index contributed by atoms with van der Waals surface area (Å²) in [5.74, 6) is -3.02. The number of likely N-dealkylation sites (tertiary alicyclic amines) is 1. The number of nitrogens with one attached hydrogen (secondary N) is 1. The van der Waals surface area contributed by atoms with Crippen LogP contribution in [-0.4, -0.2) is 53.3 Å². The van der Waals surface area contributed by atoms with Crippen molar-refractivity contribution in [2.45, 2.75) is 38.3 Å². The standard InChI is InChI=1S/C17H21F2N3O2/c1-2-21-8-7-12-4-5-13(10-21)22(12)17(24)16(23)20-15-9-11(18)3-6-14(15)19/h3,6,9,12-13H,2,4-5,7-8,10H2,1H3,(H,20,23). The first-order valence-corrected chi connectivity index (χ1v) is 8.30. The molecular formula is C17H21F2N3O2. The third-order valence-electron chi connectivity index (χ3n) is 4.92. The lowest BCUT2D eigenvalue weighted by atomic mass is 10.1. The molecule has 2 saturated heterocycles. The summed E-state index contributed by atoms with van der Waals surface area (Å²) in [4.78, 5) is 28.8. The van der Waals surface area contributed by atoms with Crippen molar-refractivity contribution in [2.24, 2.45) is 0 Å². The Hall–Kier alpha value is -2.02. The Kier molecular flexibility index (Phi) is 4.80. The third kappa shape index (κ3) is 3.26. The van der Waals surface area contributed by atoms with Gasteiger partial charge in [-0.05, 0) is 37.9 Å². The first-order chi connectivity index (χ1) is 11.5. The van der Waals surface area contributed by atoms with Crippen LogP contribution < -0.4 is 5.32 Å². The normalized spacial score (nSPS) is 23.9. The average Bonchev–Trinajstić information content (AvgIpc) is 2.85. The molecule has 2 bridgehead atoms. The molecule has 7 heteroatoms. The average molecular weight is 337 g/mol. The van der Waals surface area contributed by atoms with Gasteiger partial charge in [0.25, 0.3) is 0 Å². The second kappa shape index (κ2) is 6.84. The molecule has 1 N–H and O–H groups in total. The van der Waals surface area contributed by atoms with Crippen LogP contribution in [0, 0.1) is 11.6 Å². The number of carbonyl (C=O) groups is 2. The number of rotatable bonds is 2. The van der Waals surface area contributed by atoms with E-state index >= 15 is 0 Å². The number of anilines is 1. The highest BCUT2D eigenvalue weighted by molar-refractivity contribution is 6.39. The van der Waals surface area contributed by atoms with Crippen molar-refractivity contribution in [3.8, 4) is 0 Å². The van der Waals surface area contributed by atoms with Gasteiger partial charge in [0, 0.05) is 31.2 Å². The zero-order valence-corrected chi connectivity index (χ0v) is 13.6. The number of likely N-dealkylation sites (N-methyl/N-ethyl adjacent to an activating group) is 1. The molecule has 24 heavy (non-hydrogen) atoms. The summed E-state index contributed by atoms with van der Waals surface area (Å²) in [5, 5.41) is 2.20. The smallest absolute Gasteiger partial charge is 0.314 e. The van der Waals surface area contributed by atoms with Gasteiger partial charge in [0.2, 0.25) is 0 Å². The van der Waals surface area contributed by atoms with Crippen LogP contribution in [0.15, 0.2) is 18.2 Å². The number of carbonyl (C=O) groups excluding carboxylic acids is 2. The van der Waals surface area contributed by atoms with Crippen molar-refractivity contribution in [3.63, 3.8) is 0 Å². The molecule has 130 valence electrons. The predicted molar refractivity (Wildman–Crippen MR) is 85.4 cm³/mol. The summed E-state index contributed by atoms with van der Waals surface area (Å²) in [7, 11) is 0. The molecule has 0 saturated carbocycles. The van der Waals surface area contributed by atoms with Crippen molar-refractivity contribution < 1.29 is 18.4 Å². The Morgan fingerprint density at radius 1 is 1.21 bits per heavy atom. The largest absolute Gasteiger partial charge is 0.327 e. The van der Waals surface area contributed by atoms with Crippen LogP contribution >= 0.6 is 0 Å². The summed E-state index contributed by atoms with van der Waals surface area (Å²) < 4.78 is 26.9. The van der Waals surface area contributed by atoms with E-state index in [1.807, 2.05) is 0 Å². The number of nitrogens with zero attached hydrogens (tertiary/aromatic N) is 2. The minimum atomic E-state index is -0.915. The molecule has 2 unspecified atom stereocenters. The van der Waals surface area contributed by atoms with E-state index in [4.69, 9.17) is 0 Å². The Labute approximate surface area is 139 Å². The SMILES string of the molecule is CCN1CCC2CCC(C1)N2C(=O)C(=O)Nc1cc(F)ccc1F. The number of hydrogen-bond donors (Lipinski definition) is 1. The zero-order valence-electron chi connectivity index (χ0n) is 13.6. The van der Waals surface area contributed by atoms with Crippen LogP contribution in [-0.2, 0) is 9.59 Å². The molecule has 0 aromatic heterocycles. The molecule has 1 aromatic rings. The fourth-order valence-electron chi connectivity index (χ4n) is 3.65. The van der Waals surface area contributed by atoms with E-state index in [9.17, 15) is 18.4 Å². The van der Waals surface area contributed by atoms with Crippen LogP contribution in [0.1, 0.15) is 26.2 Å². The Morgan fingerprint density at radius 3 is 2.71 bits per heavy atom. The van der Waals surface area contributed by atoms with E-state index in [1.165, 1.54) is 0 Å². The molecule has 0 radical (unpaired) electrons. The fourth-order valence-corrected chi connectivity index (χ4v) is 3.65. The lowest BCUT2D eigenvalue weighted by molar-refractivity contribution is -0.145. The molecule has 2 aliphatic rings. The maximum atomic E-state index is 13.7. The second-order valence-corrected chi connectivity index (χ2v) is 6.36. The Bertz CT molecular complexity index is 653. The molecule has 2 fully saturated rings. The summed E-state index contributed by atoms with van der Waals surface area (Å²) in [5.41, 5.74) is -0.314. The maximum Gasteiger partial charge on any atom is 0.314 e. The van der Waals surface area contributed by atoms with Gasteiger partial charge in [-0.2, -0.15) is 0 Å². The summed E-state index contributed by atoms with van der Waals surface area (Å²) in [6.07, 6.45) is 2.59. The van der Waals surface area contributed by atoms with Gasteiger partial charge < -0.3 is 15.1 Å². The molecule has 5 nitrogen and oxygen atoms in total. The predicted octanol–water partition coefficient (Wildman–Crippen LogP) is 1.99. The number of benzene rings is 1. The second-order valence-electron chi connectivity index (χ2n) is 6.36. The third-order valence-corrected chi connectivity index (χ3v) is 4.92. The molecule has 0 spiro atoms. The van der Waals surface area contributed by atoms with Gasteiger partial charge in [-0.25, -0.2) is 8.78 Å². The van der Waals surface area contributed by atoms with Crippen LogP contribution in [0.2, 0.25) is 0 Å². The van der Waals surface area contributed by atoms with Crippen LogP contribution in [0.3, 0.4) is 0 Å². The van der Waals surface area contributed by atoms with Crippen LogP contribution in [0.5, 0.6) is 0 Å². The number of fused-ring (bicyclic) bond motifs is 2. The van der Waals surface area contributed by atoms with Gasteiger partial charge >= 0.3 is 11.8 Å². The number of amides is 2. The van der Waals surface area contributed by atoms with E-state index in [0.29, 0.717) is 0 Å². The lowest BCUT2D eigenvalue weighted by Gasteiger charge is -2.28. The van der Waals surface area contributed by atoms with Crippen molar-refractivity contribution in [3.05, 3.63) is 29.8 Å². The number of hydrogen-bond acceptors (Lipinski definition) is 3. The summed E-state index contributed by atoms with van der Waals surface area (Å²) in [6, 6.07) is 2.80. The van der Waals surface area contributed by atoms with Gasteiger partial charge in [0.1, 0.15) is 11.6 Å². The number of halogens is 2. The monoisotopic (exact) mass is 337 g/mol. The molecule has 2 amide bonds. The van der Waals surface area contributed by atoms with E-state index < -0.39 is 23.4 Å². The Balaban J connectivity index is 1.73. The highest BCUT2D eigenvalue weighted by Crippen LogP contribution is 2.30. The van der Waals surface area contributed by atoms with Gasteiger partial charge in [0.15, 0.2) is 0 Å². The highest BCUT2D eigenvalue weighted by atomic mass is 19.1. The summed E-state index contributed by atoms with van der Waals surface area (Å²) >= 11 is 0. The van der Waals surface area contributed by atoms with Gasteiger partial charge in [-0.3, -0.25) is 9.59 Å². The first-order valence-electron chi connectivity index (χ1n) is 8.30. The van der Waals surface area contributed by atoms with Gasteiger partial charge in [-0.1, -0.05) is 6.92 Å². The molecular weight excluding hydrogens is 316 g/mol. The van der Waals surface area contributed by atoms with Crippen molar-refractivity contribution >= 4 is 17.5 Å². The van der Waals surface area contributed by atoms with Crippen molar-refractivity contribution in [2.75, 3.05) is 25.0 Å². The molecule has 2 atom stereocenters. The maximum absolute atomic E-state index is 13.7. The fraction of sp³-hybridized carbons (Fsp3) is 0.529. The highest BCUT2D eigenvalue weighted by Gasteiger charge is 2.41. The zero-order chi connectivity index (χ0) is 17.3. The Morgan fingerprint density at radius 2 is 1.96 bits per heavy atom. The molecule has 2 aliphatic heterocycles. The van der Waals surface area contributed by atoms with Gasteiger partial charge in [-0.15, -0.1) is 0 Å². The van der Waals surface area contributed by atoms with E-state index in [-0.39, 0.29) is 17.8 Å². The van der Waals surface area contributed by atoms with Gasteiger partial charge in [0.05, 0.1) is 5.69 Å². The quantitative estimate of drug-likeness (QED) is 0.840. The van der Waals surface area contributed by atoms with E-state index in [0.717, 1.165) is 57.1 Å². The minimum Gasteiger partial charge on any atom is -0.327 e. The molecule has 1 aromatic carbocycles. The molecule has 3 rings (SSSR count). The lowest BCUT2D eigenvalue weighted by Crippen LogP contribution is -2.47. The summed E-state index contributed by atoms with van der Waals surface area (Å²) in [6.45, 7) is 4.64. The van der Waals surface area contributed by atoms with Crippen LogP contribution in [0.25, 0.3) is 0 Å². The minimum absolute atomic E-state index is 0.00746. The van der Waals surface area contributed by atoms with Crippen molar-refractivity contribution in [1.29, 1.82) is 0 Å². The van der Waals surface area contributed by atoms with Crippen molar-refractivity contribution in [1.82, 2.24) is 9.80 Å². The van der Waals surface area contributed by atoms with E-state index in [2.05, 4.69) is 17.1 Å². The topological polar surface area (TPSA) is 52.7 Å². The first kappa shape index (κ1) is 16.8. The molecule has 2 heterocycles. The molecule has 0 aliphatic carbocycles.